The largest absolute Gasteiger partial charge is 0.466 e. The van der Waals surface area contributed by atoms with Crippen LogP contribution >= 0.6 is 0 Å². The van der Waals surface area contributed by atoms with Gasteiger partial charge in [-0.25, -0.2) is 0 Å². The zero-order chi connectivity index (χ0) is 18.4. The fourth-order valence-electron chi connectivity index (χ4n) is 3.00. The number of esters is 1. The monoisotopic (exact) mass is 358 g/mol. The number of aryl methyl sites for hydroxylation is 1. The molecule has 1 fully saturated rings. The first-order chi connectivity index (χ1) is 12.7. The van der Waals surface area contributed by atoms with Crippen molar-refractivity contribution < 1.29 is 18.8 Å². The van der Waals surface area contributed by atoms with Crippen molar-refractivity contribution in [3.05, 3.63) is 30.4 Å². The van der Waals surface area contributed by atoms with Crippen molar-refractivity contribution >= 4 is 11.9 Å². The van der Waals surface area contributed by atoms with Crippen LogP contribution in [0, 0.1) is 5.92 Å². The number of aromatic nitrogens is 3. The predicted octanol–water partition coefficient (Wildman–Crippen LogP) is 1.87. The van der Waals surface area contributed by atoms with Gasteiger partial charge in [-0.05, 0) is 31.9 Å². The molecule has 3 rings (SSSR count). The van der Waals surface area contributed by atoms with Crippen LogP contribution in [0.4, 0.5) is 0 Å². The topological polar surface area (TPSA) is 98.4 Å². The maximum atomic E-state index is 12.4. The molecule has 1 aliphatic heterocycles. The van der Waals surface area contributed by atoms with E-state index in [0.29, 0.717) is 37.8 Å². The summed E-state index contributed by atoms with van der Waals surface area (Å²) in [6, 6.07) is 3.59. The van der Waals surface area contributed by atoms with Gasteiger partial charge in [0.05, 0.1) is 12.5 Å². The number of ether oxygens (including phenoxy) is 1. The number of hydrogen-bond acceptors (Lipinski definition) is 7. The minimum atomic E-state index is -0.227. The molecule has 0 radical (unpaired) electrons. The Labute approximate surface area is 151 Å². The fraction of sp³-hybridized carbons (Fsp3) is 0.500. The van der Waals surface area contributed by atoms with Gasteiger partial charge in [-0.3, -0.25) is 14.6 Å². The Bertz CT molecular complexity index is 747. The van der Waals surface area contributed by atoms with Gasteiger partial charge in [0, 0.05) is 43.9 Å². The third-order valence-corrected chi connectivity index (χ3v) is 4.35. The van der Waals surface area contributed by atoms with Gasteiger partial charge in [0.15, 0.2) is 0 Å². The highest BCUT2D eigenvalue weighted by Crippen LogP contribution is 2.19. The first-order valence-electron chi connectivity index (χ1n) is 8.84. The summed E-state index contributed by atoms with van der Waals surface area (Å²) in [5.74, 6) is 0.445. The number of nitrogens with zero attached hydrogens (tertiary/aromatic N) is 4. The lowest BCUT2D eigenvalue weighted by atomic mass is 9.98. The average Bonchev–Trinajstić information content (AvgIpc) is 3.16. The predicted molar refractivity (Wildman–Crippen MR) is 91.8 cm³/mol. The van der Waals surface area contributed by atoms with Gasteiger partial charge in [-0.2, -0.15) is 4.98 Å². The molecule has 26 heavy (non-hydrogen) atoms. The van der Waals surface area contributed by atoms with Crippen molar-refractivity contribution in [1.29, 1.82) is 0 Å². The van der Waals surface area contributed by atoms with Crippen LogP contribution in [-0.4, -0.2) is 51.6 Å². The van der Waals surface area contributed by atoms with E-state index in [1.807, 2.05) is 0 Å². The molecule has 0 bridgehead atoms. The minimum Gasteiger partial charge on any atom is -0.466 e. The van der Waals surface area contributed by atoms with Crippen molar-refractivity contribution in [3.8, 4) is 11.4 Å². The van der Waals surface area contributed by atoms with Crippen LogP contribution in [-0.2, 0) is 20.7 Å². The first kappa shape index (κ1) is 18.0. The third-order valence-electron chi connectivity index (χ3n) is 4.35. The molecular weight excluding hydrogens is 336 g/mol. The fourth-order valence-corrected chi connectivity index (χ4v) is 3.00. The molecule has 2 aromatic heterocycles. The Balaban J connectivity index is 1.52. The van der Waals surface area contributed by atoms with Gasteiger partial charge >= 0.3 is 5.97 Å². The maximum absolute atomic E-state index is 12.4. The van der Waals surface area contributed by atoms with Gasteiger partial charge in [0.1, 0.15) is 0 Å². The molecule has 0 saturated carbocycles. The number of carbonyl (C=O) groups is 2. The summed E-state index contributed by atoms with van der Waals surface area (Å²) in [6.45, 7) is 3.24. The molecule has 1 amide bonds. The highest BCUT2D eigenvalue weighted by Gasteiger charge is 2.29. The first-order valence-corrected chi connectivity index (χ1v) is 8.84. The van der Waals surface area contributed by atoms with E-state index in [9.17, 15) is 9.59 Å². The lowest BCUT2D eigenvalue weighted by Crippen LogP contribution is -2.42. The van der Waals surface area contributed by atoms with Crippen LogP contribution in [0.1, 0.15) is 32.1 Å². The Morgan fingerprint density at radius 1 is 1.35 bits per heavy atom. The van der Waals surface area contributed by atoms with E-state index >= 15 is 0 Å². The Morgan fingerprint density at radius 2 is 2.15 bits per heavy atom. The lowest BCUT2D eigenvalue weighted by Gasteiger charge is -2.31. The molecule has 0 aromatic carbocycles. The maximum Gasteiger partial charge on any atom is 0.310 e. The number of piperidine rings is 1. The van der Waals surface area contributed by atoms with E-state index in [-0.39, 0.29) is 24.2 Å². The highest BCUT2D eigenvalue weighted by molar-refractivity contribution is 5.78. The number of carbonyl (C=O) groups excluding carboxylic acids is 2. The van der Waals surface area contributed by atoms with Crippen molar-refractivity contribution in [1.82, 2.24) is 20.0 Å². The van der Waals surface area contributed by atoms with E-state index in [4.69, 9.17) is 9.26 Å². The number of likely N-dealkylation sites (tertiary alicyclic amines) is 1. The molecule has 1 atom stereocenters. The van der Waals surface area contributed by atoms with E-state index in [2.05, 4.69) is 15.1 Å². The molecule has 1 unspecified atom stereocenters. The smallest absolute Gasteiger partial charge is 0.310 e. The van der Waals surface area contributed by atoms with Crippen molar-refractivity contribution in [2.45, 2.75) is 32.6 Å². The summed E-state index contributed by atoms with van der Waals surface area (Å²) < 4.78 is 10.3. The zero-order valence-corrected chi connectivity index (χ0v) is 14.8. The molecule has 0 N–H and O–H groups in total. The van der Waals surface area contributed by atoms with Gasteiger partial charge in [-0.1, -0.05) is 5.16 Å². The van der Waals surface area contributed by atoms with Crippen LogP contribution in [0.25, 0.3) is 11.4 Å². The van der Waals surface area contributed by atoms with Crippen molar-refractivity contribution in [2.24, 2.45) is 5.92 Å². The van der Waals surface area contributed by atoms with E-state index in [1.165, 1.54) is 0 Å². The molecule has 1 aliphatic rings. The number of pyridine rings is 1. The summed E-state index contributed by atoms with van der Waals surface area (Å²) in [5.41, 5.74) is 0.814. The summed E-state index contributed by atoms with van der Waals surface area (Å²) in [6.07, 6.45) is 5.53. The molecule has 2 aromatic rings. The van der Waals surface area contributed by atoms with Gasteiger partial charge in [-0.15, -0.1) is 0 Å². The molecule has 8 heteroatoms. The van der Waals surface area contributed by atoms with Crippen LogP contribution in [0.3, 0.4) is 0 Å². The van der Waals surface area contributed by atoms with Crippen LogP contribution in [0.5, 0.6) is 0 Å². The highest BCUT2D eigenvalue weighted by atomic mass is 16.5. The second-order valence-corrected chi connectivity index (χ2v) is 6.18. The Kier molecular flexibility index (Phi) is 5.93. The molecule has 3 heterocycles. The number of amides is 1. The molecule has 138 valence electrons. The Morgan fingerprint density at radius 3 is 2.92 bits per heavy atom. The van der Waals surface area contributed by atoms with Crippen LogP contribution in [0.15, 0.2) is 29.0 Å². The summed E-state index contributed by atoms with van der Waals surface area (Å²) in [7, 11) is 0. The average molecular weight is 358 g/mol. The van der Waals surface area contributed by atoms with Crippen molar-refractivity contribution in [2.75, 3.05) is 19.7 Å². The molecule has 0 aliphatic carbocycles. The standard InChI is InChI=1S/C18H22N4O4/c1-2-25-18(24)14-4-3-11-22(12-14)16(23)6-5-15-20-17(21-26-15)13-7-9-19-10-8-13/h7-10,14H,2-6,11-12H2,1H3. The summed E-state index contributed by atoms with van der Waals surface area (Å²) in [5, 5.41) is 3.93. The van der Waals surface area contributed by atoms with Gasteiger partial charge in [0.2, 0.25) is 17.6 Å². The second-order valence-electron chi connectivity index (χ2n) is 6.18. The summed E-state index contributed by atoms with van der Waals surface area (Å²) >= 11 is 0. The van der Waals surface area contributed by atoms with Crippen LogP contribution in [0.2, 0.25) is 0 Å². The quantitative estimate of drug-likeness (QED) is 0.727. The molecule has 8 nitrogen and oxygen atoms in total. The third kappa shape index (κ3) is 4.44. The van der Waals surface area contributed by atoms with Gasteiger partial charge in [0.25, 0.3) is 0 Å². The van der Waals surface area contributed by atoms with Crippen molar-refractivity contribution in [3.63, 3.8) is 0 Å². The Hall–Kier alpha value is -2.77. The van der Waals surface area contributed by atoms with Gasteiger partial charge < -0.3 is 14.2 Å². The lowest BCUT2D eigenvalue weighted by molar-refractivity contribution is -0.151. The zero-order valence-electron chi connectivity index (χ0n) is 14.8. The number of rotatable bonds is 6. The normalized spacial score (nSPS) is 17.1. The number of hydrogen-bond donors (Lipinski definition) is 0. The summed E-state index contributed by atoms with van der Waals surface area (Å²) in [4.78, 5) is 34.3. The molecule has 1 saturated heterocycles. The van der Waals surface area contributed by atoms with Crippen LogP contribution < -0.4 is 0 Å². The SMILES string of the molecule is CCOC(=O)C1CCCN(C(=O)CCc2nc(-c3ccncc3)no2)C1. The molecular formula is C18H22N4O4. The minimum absolute atomic E-state index is 0.0114. The van der Waals surface area contributed by atoms with E-state index in [1.54, 1.807) is 36.4 Å². The van der Waals surface area contributed by atoms with E-state index in [0.717, 1.165) is 18.4 Å². The second kappa shape index (κ2) is 8.55. The molecule has 0 spiro atoms. The van der Waals surface area contributed by atoms with E-state index < -0.39 is 0 Å².